The molecule has 2 aromatic rings. The summed E-state index contributed by atoms with van der Waals surface area (Å²) in [7, 11) is -3.63. The highest BCUT2D eigenvalue weighted by molar-refractivity contribution is 7.90. The summed E-state index contributed by atoms with van der Waals surface area (Å²) >= 11 is 0. The lowest BCUT2D eigenvalue weighted by Gasteiger charge is -2.12. The van der Waals surface area contributed by atoms with Gasteiger partial charge in [-0.15, -0.1) is 10.2 Å². The molecule has 2 aromatic heterocycles. The number of rotatable bonds is 5. The van der Waals surface area contributed by atoms with Crippen LogP contribution in [0.4, 0.5) is 5.82 Å². The van der Waals surface area contributed by atoms with Crippen LogP contribution in [0.2, 0.25) is 0 Å². The third-order valence-electron chi connectivity index (χ3n) is 3.67. The minimum Gasteiger partial charge on any atom is -0.294 e. The van der Waals surface area contributed by atoms with Gasteiger partial charge in [-0.05, 0) is 6.42 Å². The van der Waals surface area contributed by atoms with Crippen LogP contribution in [0.3, 0.4) is 0 Å². The fourth-order valence-electron chi connectivity index (χ4n) is 2.62. The van der Waals surface area contributed by atoms with Gasteiger partial charge in [-0.3, -0.25) is 9.36 Å². The second kappa shape index (κ2) is 5.31. The lowest BCUT2D eigenvalue weighted by molar-refractivity contribution is 0.586. The van der Waals surface area contributed by atoms with Gasteiger partial charge in [0.15, 0.2) is 0 Å². The maximum absolute atomic E-state index is 12.6. The Hall–Kier alpha value is -2.03. The molecule has 0 spiro atoms. The Bertz CT molecular complexity index is 923. The molecule has 1 aliphatic rings. The van der Waals surface area contributed by atoms with E-state index in [0.717, 1.165) is 29.9 Å². The number of hydrogen-bond donors (Lipinski definition) is 0. The van der Waals surface area contributed by atoms with Crippen molar-refractivity contribution in [2.24, 2.45) is 4.99 Å². The number of hydrogen-bond acceptors (Lipinski definition) is 6. The summed E-state index contributed by atoms with van der Waals surface area (Å²) in [6, 6.07) is 0. The molecule has 0 saturated carbocycles. The Balaban J connectivity index is 2.30. The largest absolute Gasteiger partial charge is 0.294 e. The van der Waals surface area contributed by atoms with Gasteiger partial charge in [0.25, 0.3) is 10.7 Å². The number of aromatic nitrogens is 4. The summed E-state index contributed by atoms with van der Waals surface area (Å²) in [6.45, 7) is 2.72. The zero-order valence-corrected chi connectivity index (χ0v) is 13.3. The van der Waals surface area contributed by atoms with Crippen LogP contribution in [0.25, 0.3) is 5.78 Å². The van der Waals surface area contributed by atoms with E-state index in [1.165, 1.54) is 0 Å². The summed E-state index contributed by atoms with van der Waals surface area (Å²) in [4.78, 5) is 16.8. The van der Waals surface area contributed by atoms with Gasteiger partial charge in [0.05, 0.1) is 5.56 Å². The topological polar surface area (TPSA) is 98.7 Å². The molecule has 8 nitrogen and oxygen atoms in total. The first kappa shape index (κ1) is 14.9. The van der Waals surface area contributed by atoms with Gasteiger partial charge >= 0.3 is 0 Å². The number of aliphatic imine (C=N–C) groups is 1. The molecule has 0 aromatic carbocycles. The molecule has 0 saturated heterocycles. The molecule has 9 heteroatoms. The smallest absolute Gasteiger partial charge is 0.267 e. The average molecular weight is 323 g/mol. The van der Waals surface area contributed by atoms with E-state index in [4.69, 9.17) is 0 Å². The summed E-state index contributed by atoms with van der Waals surface area (Å²) in [6.07, 6.45) is 6.08. The monoisotopic (exact) mass is 323 g/mol. The van der Waals surface area contributed by atoms with E-state index in [9.17, 15) is 13.2 Å². The molecule has 3 heterocycles. The van der Waals surface area contributed by atoms with E-state index in [-0.39, 0.29) is 10.9 Å². The molecule has 0 unspecified atom stereocenters. The predicted molar refractivity (Wildman–Crippen MR) is 81.7 cm³/mol. The molecular weight excluding hydrogens is 306 g/mol. The molecule has 118 valence electrons. The van der Waals surface area contributed by atoms with Crippen molar-refractivity contribution in [3.63, 3.8) is 0 Å². The fourth-order valence-corrected chi connectivity index (χ4v) is 3.30. The number of nitrogens with zero attached hydrogens (tertiary/aromatic N) is 5. The van der Waals surface area contributed by atoms with E-state index in [0.29, 0.717) is 24.3 Å². The predicted octanol–water partition coefficient (Wildman–Crippen LogP) is 0.743. The molecule has 0 aliphatic carbocycles. The molecule has 0 bridgehead atoms. The molecule has 0 atom stereocenters. The van der Waals surface area contributed by atoms with Crippen LogP contribution in [0.1, 0.15) is 31.7 Å². The number of fused-ring (bicyclic) bond motifs is 2. The standard InChI is InChI=1S/C13H17N5O3S/c1-3-4-5-8-17-10-9(6-7-14-10)11(19)18-12(17)15-16-13(18)22(2,20)21/h7H,3-6,8H2,1-2H3. The zero-order chi connectivity index (χ0) is 15.9. The lowest BCUT2D eigenvalue weighted by Crippen LogP contribution is -2.24. The van der Waals surface area contributed by atoms with E-state index in [2.05, 4.69) is 22.1 Å². The van der Waals surface area contributed by atoms with Crippen LogP contribution in [-0.4, -0.2) is 40.1 Å². The van der Waals surface area contributed by atoms with Crippen LogP contribution >= 0.6 is 0 Å². The van der Waals surface area contributed by atoms with Crippen molar-refractivity contribution < 1.29 is 8.42 Å². The lowest BCUT2D eigenvalue weighted by atomic mass is 10.2. The molecule has 22 heavy (non-hydrogen) atoms. The minimum atomic E-state index is -3.63. The molecule has 0 N–H and O–H groups in total. The second-order valence-corrected chi connectivity index (χ2v) is 7.28. The van der Waals surface area contributed by atoms with Crippen LogP contribution in [0.5, 0.6) is 0 Å². The molecular formula is C13H17N5O3S. The van der Waals surface area contributed by atoms with E-state index >= 15 is 0 Å². The SMILES string of the molecule is CCCCCn1c2c(c(=O)n3c(S(C)(=O)=O)nnc13)CC=N2. The Morgan fingerprint density at radius 3 is 2.73 bits per heavy atom. The fraction of sp³-hybridized carbons (Fsp3) is 0.538. The van der Waals surface area contributed by atoms with Crippen LogP contribution < -0.4 is 5.56 Å². The van der Waals surface area contributed by atoms with E-state index in [1.54, 1.807) is 10.8 Å². The maximum Gasteiger partial charge on any atom is 0.267 e. The first-order valence-corrected chi connectivity index (χ1v) is 9.07. The minimum absolute atomic E-state index is 0.235. The first-order chi connectivity index (χ1) is 10.4. The average Bonchev–Trinajstić information content (AvgIpc) is 3.08. The third-order valence-corrected chi connectivity index (χ3v) is 4.60. The van der Waals surface area contributed by atoms with Gasteiger partial charge in [-0.25, -0.2) is 17.8 Å². The molecule has 0 amide bonds. The second-order valence-electron chi connectivity index (χ2n) is 5.37. The Kier molecular flexibility index (Phi) is 3.59. The highest BCUT2D eigenvalue weighted by Crippen LogP contribution is 2.24. The number of aryl methyl sites for hydroxylation is 1. The van der Waals surface area contributed by atoms with Crippen molar-refractivity contribution in [1.82, 2.24) is 19.2 Å². The van der Waals surface area contributed by atoms with Crippen LogP contribution in [0.15, 0.2) is 14.9 Å². The normalized spacial score (nSPS) is 13.9. The van der Waals surface area contributed by atoms with E-state index in [1.807, 2.05) is 0 Å². The van der Waals surface area contributed by atoms with Crippen LogP contribution in [0, 0.1) is 0 Å². The quantitative estimate of drug-likeness (QED) is 0.756. The highest BCUT2D eigenvalue weighted by Gasteiger charge is 2.26. The van der Waals surface area contributed by atoms with Crippen molar-refractivity contribution in [1.29, 1.82) is 0 Å². The van der Waals surface area contributed by atoms with Gasteiger partial charge in [-0.1, -0.05) is 19.8 Å². The third kappa shape index (κ3) is 2.25. The van der Waals surface area contributed by atoms with Crippen molar-refractivity contribution in [2.75, 3.05) is 6.26 Å². The van der Waals surface area contributed by atoms with Gasteiger partial charge in [-0.2, -0.15) is 0 Å². The van der Waals surface area contributed by atoms with Crippen molar-refractivity contribution in [2.45, 2.75) is 44.3 Å². The summed E-state index contributed by atoms with van der Waals surface area (Å²) in [5.41, 5.74) is 0.0911. The number of sulfone groups is 1. The summed E-state index contributed by atoms with van der Waals surface area (Å²) < 4.78 is 26.5. The maximum atomic E-state index is 12.6. The zero-order valence-electron chi connectivity index (χ0n) is 12.5. The Labute approximate surface area is 127 Å². The molecule has 1 aliphatic heterocycles. The summed E-state index contributed by atoms with van der Waals surface area (Å²) in [5.74, 6) is 0.806. The van der Waals surface area contributed by atoms with Crippen LogP contribution in [-0.2, 0) is 22.8 Å². The Morgan fingerprint density at radius 1 is 1.27 bits per heavy atom. The summed E-state index contributed by atoms with van der Waals surface area (Å²) in [5, 5.41) is 7.32. The molecule has 0 radical (unpaired) electrons. The van der Waals surface area contributed by atoms with Gasteiger partial charge in [0, 0.05) is 25.4 Å². The first-order valence-electron chi connectivity index (χ1n) is 7.18. The number of unbranched alkanes of at least 4 members (excludes halogenated alkanes) is 2. The van der Waals surface area contributed by atoms with Crippen molar-refractivity contribution >= 4 is 27.6 Å². The Morgan fingerprint density at radius 2 is 2.05 bits per heavy atom. The van der Waals surface area contributed by atoms with E-state index < -0.39 is 15.4 Å². The van der Waals surface area contributed by atoms with Gasteiger partial charge < -0.3 is 0 Å². The van der Waals surface area contributed by atoms with Gasteiger partial charge in [0.1, 0.15) is 5.82 Å². The van der Waals surface area contributed by atoms with Crippen molar-refractivity contribution in [3.05, 3.63) is 15.9 Å². The van der Waals surface area contributed by atoms with Crippen molar-refractivity contribution in [3.8, 4) is 0 Å². The highest BCUT2D eigenvalue weighted by atomic mass is 32.2. The molecule has 0 fully saturated rings. The molecule has 3 rings (SSSR count). The van der Waals surface area contributed by atoms with Gasteiger partial charge in [0.2, 0.25) is 15.6 Å².